The Morgan fingerprint density at radius 1 is 1.18 bits per heavy atom. The summed E-state index contributed by atoms with van der Waals surface area (Å²) >= 11 is 0. The van der Waals surface area contributed by atoms with E-state index in [2.05, 4.69) is 30.9 Å². The molecule has 180 valence electrons. The van der Waals surface area contributed by atoms with Crippen molar-refractivity contribution in [3.8, 4) is 11.5 Å². The van der Waals surface area contributed by atoms with E-state index in [1.165, 1.54) is 30.4 Å². The molecule has 0 amide bonds. The topological polar surface area (TPSA) is 60.5 Å². The molecule has 3 heterocycles. The van der Waals surface area contributed by atoms with Crippen molar-refractivity contribution in [2.45, 2.75) is 70.1 Å². The molecule has 1 aromatic rings. The van der Waals surface area contributed by atoms with Gasteiger partial charge in [0.2, 0.25) is 0 Å². The summed E-state index contributed by atoms with van der Waals surface area (Å²) in [5.74, 6) is 2.41. The summed E-state index contributed by atoms with van der Waals surface area (Å²) in [4.78, 5) is 15.6. The summed E-state index contributed by atoms with van der Waals surface area (Å²) < 4.78 is 23.2. The summed E-state index contributed by atoms with van der Waals surface area (Å²) in [6, 6.07) is 4.45. The first-order chi connectivity index (χ1) is 15.9. The van der Waals surface area contributed by atoms with Crippen molar-refractivity contribution >= 4 is 5.97 Å². The van der Waals surface area contributed by atoms with Crippen molar-refractivity contribution in [2.75, 3.05) is 33.9 Å². The maximum atomic E-state index is 13.1. The average Bonchev–Trinajstić information content (AvgIpc) is 3.51. The van der Waals surface area contributed by atoms with E-state index in [0.29, 0.717) is 11.8 Å². The summed E-state index contributed by atoms with van der Waals surface area (Å²) in [6.07, 6.45) is 6.77. The number of hydrogen-bond donors (Lipinski definition) is 0. The quantitative estimate of drug-likeness (QED) is 0.502. The van der Waals surface area contributed by atoms with Crippen LogP contribution < -0.4 is 9.47 Å². The first-order valence-electron chi connectivity index (χ1n) is 12.7. The number of nitrogens with zero attached hydrogens (tertiary/aromatic N) is 1. The third kappa shape index (κ3) is 3.31. The zero-order valence-electron chi connectivity index (χ0n) is 20.4. The summed E-state index contributed by atoms with van der Waals surface area (Å²) in [6.45, 7) is 7.29. The molecule has 5 aliphatic rings. The highest BCUT2D eigenvalue weighted by Crippen LogP contribution is 2.63. The van der Waals surface area contributed by atoms with Gasteiger partial charge in [-0.2, -0.15) is 0 Å². The van der Waals surface area contributed by atoms with E-state index in [1.807, 2.05) is 0 Å². The van der Waals surface area contributed by atoms with Gasteiger partial charge in [0.15, 0.2) is 11.5 Å². The number of rotatable bonds is 4. The largest absolute Gasteiger partial charge is 0.493 e. The van der Waals surface area contributed by atoms with Gasteiger partial charge in [0.25, 0.3) is 0 Å². The van der Waals surface area contributed by atoms with Gasteiger partial charge >= 0.3 is 5.97 Å². The van der Waals surface area contributed by atoms with Crippen molar-refractivity contribution in [1.29, 1.82) is 0 Å². The predicted octanol–water partition coefficient (Wildman–Crippen LogP) is 4.15. The molecule has 2 saturated heterocycles. The van der Waals surface area contributed by atoms with Crippen LogP contribution in [0.4, 0.5) is 0 Å². The van der Waals surface area contributed by atoms with Gasteiger partial charge in [-0.25, -0.2) is 0 Å². The lowest BCUT2D eigenvalue weighted by molar-refractivity contribution is -0.147. The minimum atomic E-state index is -0.0404. The standard InChI is InChI=1S/C27H37NO5/c1-16-18-11-22(31-4)21(30-3)10-17(18)6-9-28(16)14-20-19-12-24-26(2,13-23(19)33-25(20)29)7-5-8-27(24)15-32-27/h10-11,16,19-20,23-24H,5-9,12-15H2,1-4H3/t16-,19+,20-,23-,24+,26-,27+/m1/s1. The highest BCUT2D eigenvalue weighted by Gasteiger charge is 2.65. The Bertz CT molecular complexity index is 958. The van der Waals surface area contributed by atoms with Gasteiger partial charge in [-0.1, -0.05) is 6.92 Å². The lowest BCUT2D eigenvalue weighted by atomic mass is 9.53. The van der Waals surface area contributed by atoms with Crippen molar-refractivity contribution in [2.24, 2.45) is 23.2 Å². The van der Waals surface area contributed by atoms with E-state index in [1.54, 1.807) is 14.2 Å². The Balaban J connectivity index is 1.22. The molecule has 0 aromatic heterocycles. The lowest BCUT2D eigenvalue weighted by Crippen LogP contribution is -2.51. The molecular weight excluding hydrogens is 418 g/mol. The molecule has 2 saturated carbocycles. The van der Waals surface area contributed by atoms with Crippen molar-refractivity contribution in [3.05, 3.63) is 23.3 Å². The number of carbonyl (C=O) groups is 1. The minimum Gasteiger partial charge on any atom is -0.493 e. The number of fused-ring (bicyclic) bond motifs is 4. The molecular formula is C27H37NO5. The second kappa shape index (κ2) is 7.61. The van der Waals surface area contributed by atoms with E-state index >= 15 is 0 Å². The number of benzene rings is 1. The predicted molar refractivity (Wildman–Crippen MR) is 123 cm³/mol. The first-order valence-corrected chi connectivity index (χ1v) is 12.7. The molecule has 0 bridgehead atoms. The highest BCUT2D eigenvalue weighted by atomic mass is 16.6. The van der Waals surface area contributed by atoms with Gasteiger partial charge in [-0.15, -0.1) is 0 Å². The first kappa shape index (κ1) is 21.7. The third-order valence-corrected chi connectivity index (χ3v) is 9.82. The van der Waals surface area contributed by atoms with Crippen LogP contribution in [0, 0.1) is 23.2 Å². The molecule has 4 fully saturated rings. The van der Waals surface area contributed by atoms with Crippen LogP contribution in [0.2, 0.25) is 0 Å². The van der Waals surface area contributed by atoms with Crippen LogP contribution >= 0.6 is 0 Å². The number of epoxide rings is 1. The Kier molecular flexibility index (Phi) is 5.01. The fourth-order valence-corrected chi connectivity index (χ4v) is 7.86. The van der Waals surface area contributed by atoms with E-state index in [-0.39, 0.29) is 35.0 Å². The van der Waals surface area contributed by atoms with E-state index in [0.717, 1.165) is 50.5 Å². The summed E-state index contributed by atoms with van der Waals surface area (Å²) in [5.41, 5.74) is 2.93. The molecule has 3 aliphatic heterocycles. The number of hydrogen-bond acceptors (Lipinski definition) is 6. The number of carbonyl (C=O) groups excluding carboxylic acids is 1. The van der Waals surface area contributed by atoms with Gasteiger partial charge in [0, 0.05) is 25.0 Å². The molecule has 1 spiro atoms. The number of esters is 1. The van der Waals surface area contributed by atoms with Gasteiger partial charge in [-0.05, 0) is 80.0 Å². The maximum Gasteiger partial charge on any atom is 0.310 e. The summed E-state index contributed by atoms with van der Waals surface area (Å²) in [7, 11) is 3.37. The zero-order valence-corrected chi connectivity index (χ0v) is 20.4. The maximum absolute atomic E-state index is 13.1. The molecule has 0 unspecified atom stereocenters. The molecule has 33 heavy (non-hydrogen) atoms. The van der Waals surface area contributed by atoms with Crippen molar-refractivity contribution in [1.82, 2.24) is 4.90 Å². The smallest absolute Gasteiger partial charge is 0.310 e. The van der Waals surface area contributed by atoms with Crippen LogP contribution in [0.15, 0.2) is 12.1 Å². The van der Waals surface area contributed by atoms with Crippen molar-refractivity contribution < 1.29 is 23.7 Å². The van der Waals surface area contributed by atoms with Gasteiger partial charge in [-0.3, -0.25) is 9.69 Å². The normalized spacial score (nSPS) is 41.7. The van der Waals surface area contributed by atoms with Crippen LogP contribution in [-0.4, -0.2) is 56.5 Å². The fraction of sp³-hybridized carbons (Fsp3) is 0.741. The van der Waals surface area contributed by atoms with E-state index in [4.69, 9.17) is 18.9 Å². The lowest BCUT2D eigenvalue weighted by Gasteiger charge is -2.51. The second-order valence-electron chi connectivity index (χ2n) is 11.4. The molecule has 6 heteroatoms. The van der Waals surface area contributed by atoms with Gasteiger partial charge in [0.05, 0.1) is 32.3 Å². The van der Waals surface area contributed by atoms with Crippen LogP contribution in [-0.2, 0) is 20.7 Å². The van der Waals surface area contributed by atoms with Crippen molar-refractivity contribution in [3.63, 3.8) is 0 Å². The zero-order chi connectivity index (χ0) is 23.0. The minimum absolute atomic E-state index is 0.0170. The molecule has 7 atom stereocenters. The molecule has 2 aliphatic carbocycles. The highest BCUT2D eigenvalue weighted by molar-refractivity contribution is 5.75. The van der Waals surface area contributed by atoms with Crippen LogP contribution in [0.5, 0.6) is 11.5 Å². The Hall–Kier alpha value is -1.79. The third-order valence-electron chi connectivity index (χ3n) is 9.82. The second-order valence-corrected chi connectivity index (χ2v) is 11.4. The molecule has 6 rings (SSSR count). The van der Waals surface area contributed by atoms with Gasteiger partial charge in [0.1, 0.15) is 6.10 Å². The molecule has 0 radical (unpaired) electrons. The average molecular weight is 456 g/mol. The Morgan fingerprint density at radius 3 is 2.67 bits per heavy atom. The SMILES string of the molecule is COc1cc2c(cc1OC)[C@@H](C)N(C[C@H]1C(=O)O[C@@H]3C[C@@]4(C)CCC[C@]5(CO5)[C@H]4C[C@H]31)CC2. The Morgan fingerprint density at radius 2 is 1.94 bits per heavy atom. The van der Waals surface area contributed by atoms with Crippen LogP contribution in [0.25, 0.3) is 0 Å². The monoisotopic (exact) mass is 455 g/mol. The van der Waals surface area contributed by atoms with E-state index in [9.17, 15) is 4.79 Å². The Labute approximate surface area is 196 Å². The molecule has 0 N–H and O–H groups in total. The van der Waals surface area contributed by atoms with Crippen LogP contribution in [0.1, 0.15) is 63.1 Å². The van der Waals surface area contributed by atoms with Crippen LogP contribution in [0.3, 0.4) is 0 Å². The summed E-state index contributed by atoms with van der Waals surface area (Å²) in [5, 5.41) is 0. The fourth-order valence-electron chi connectivity index (χ4n) is 7.86. The number of methoxy groups -OCH3 is 2. The molecule has 6 nitrogen and oxygen atoms in total. The van der Waals surface area contributed by atoms with Gasteiger partial charge < -0.3 is 18.9 Å². The van der Waals surface area contributed by atoms with E-state index < -0.39 is 0 Å². The molecule has 1 aromatic carbocycles. The number of ether oxygens (including phenoxy) is 4.